The number of rotatable bonds is 5. The molecule has 1 aromatic rings. The first-order valence-electron chi connectivity index (χ1n) is 6.35. The number of carbonyl (C=O) groups excluding carboxylic acids is 1. The number of hydrogen-bond donors (Lipinski definition) is 1. The van der Waals surface area contributed by atoms with Gasteiger partial charge in [0, 0.05) is 13.2 Å². The van der Waals surface area contributed by atoms with Crippen LogP contribution in [0.25, 0.3) is 0 Å². The number of carbonyl (C=O) groups is 2. The number of nitrogens with zero attached hydrogens (tertiary/aromatic N) is 1. The molecule has 0 saturated carbocycles. The van der Waals surface area contributed by atoms with Crippen molar-refractivity contribution in [3.63, 3.8) is 0 Å². The summed E-state index contributed by atoms with van der Waals surface area (Å²) < 4.78 is 5.39. The third-order valence-corrected chi connectivity index (χ3v) is 4.24. The average Bonchev–Trinajstić information content (AvgIpc) is 3.04. The van der Waals surface area contributed by atoms with Crippen LogP contribution in [0.3, 0.4) is 0 Å². The molecule has 0 aliphatic carbocycles. The molecule has 1 atom stereocenters. The summed E-state index contributed by atoms with van der Waals surface area (Å²) in [5.74, 6) is -1.07. The Hall–Kier alpha value is -1.40. The standard InChI is InChI=1S/C13H17NO4S/c1-2-18-8-9-4-3-7-14(9)12(15)10-5-6-11(19-10)13(16)17/h5-6,9H,2-4,7-8H2,1H3,(H,16,17)/t9-/m1/s1. The van der Waals surface area contributed by atoms with Gasteiger partial charge in [-0.2, -0.15) is 0 Å². The zero-order valence-corrected chi connectivity index (χ0v) is 11.6. The van der Waals surface area contributed by atoms with Crippen LogP contribution in [0.4, 0.5) is 0 Å². The van der Waals surface area contributed by atoms with Gasteiger partial charge in [-0.3, -0.25) is 4.79 Å². The molecule has 6 heteroatoms. The molecule has 2 heterocycles. The lowest BCUT2D eigenvalue weighted by atomic mass is 10.2. The molecule has 1 aliphatic rings. The van der Waals surface area contributed by atoms with Crippen molar-refractivity contribution in [3.8, 4) is 0 Å². The molecule has 0 spiro atoms. The quantitative estimate of drug-likeness (QED) is 0.898. The summed E-state index contributed by atoms with van der Waals surface area (Å²) in [5, 5.41) is 8.88. The van der Waals surface area contributed by atoms with Crippen LogP contribution in [0.15, 0.2) is 12.1 Å². The van der Waals surface area contributed by atoms with E-state index in [-0.39, 0.29) is 16.8 Å². The Morgan fingerprint density at radius 3 is 2.84 bits per heavy atom. The summed E-state index contributed by atoms with van der Waals surface area (Å²) in [7, 11) is 0. The van der Waals surface area contributed by atoms with Crippen LogP contribution in [-0.4, -0.2) is 47.7 Å². The predicted octanol–water partition coefficient (Wildman–Crippen LogP) is 2.09. The maximum absolute atomic E-state index is 12.3. The van der Waals surface area contributed by atoms with Crippen LogP contribution in [-0.2, 0) is 4.74 Å². The normalized spacial score (nSPS) is 18.8. The van der Waals surface area contributed by atoms with Crippen molar-refractivity contribution in [3.05, 3.63) is 21.9 Å². The molecule has 1 amide bonds. The molecule has 1 fully saturated rings. The SMILES string of the molecule is CCOC[C@H]1CCCN1C(=O)c1ccc(C(=O)O)s1. The second-order valence-electron chi connectivity index (χ2n) is 4.42. The number of ether oxygens (including phenoxy) is 1. The number of aromatic carboxylic acids is 1. The number of amides is 1. The Kier molecular flexibility index (Phi) is 4.55. The minimum Gasteiger partial charge on any atom is -0.477 e. The summed E-state index contributed by atoms with van der Waals surface area (Å²) in [6.45, 7) is 3.84. The van der Waals surface area contributed by atoms with E-state index in [4.69, 9.17) is 9.84 Å². The van der Waals surface area contributed by atoms with Gasteiger partial charge in [-0.25, -0.2) is 4.79 Å². The van der Waals surface area contributed by atoms with Gasteiger partial charge in [-0.15, -0.1) is 11.3 Å². The van der Waals surface area contributed by atoms with E-state index in [1.807, 2.05) is 6.92 Å². The van der Waals surface area contributed by atoms with Crippen LogP contribution < -0.4 is 0 Å². The monoisotopic (exact) mass is 283 g/mol. The molecule has 1 saturated heterocycles. The number of hydrogen-bond acceptors (Lipinski definition) is 4. The lowest BCUT2D eigenvalue weighted by molar-refractivity contribution is 0.0568. The van der Waals surface area contributed by atoms with Crippen LogP contribution >= 0.6 is 11.3 Å². The highest BCUT2D eigenvalue weighted by atomic mass is 32.1. The Morgan fingerprint density at radius 2 is 2.21 bits per heavy atom. The maximum atomic E-state index is 12.3. The molecule has 0 aromatic carbocycles. The smallest absolute Gasteiger partial charge is 0.345 e. The van der Waals surface area contributed by atoms with E-state index in [0.29, 0.717) is 18.1 Å². The predicted molar refractivity (Wildman–Crippen MR) is 71.8 cm³/mol. The third-order valence-electron chi connectivity index (χ3n) is 3.18. The van der Waals surface area contributed by atoms with Gasteiger partial charge in [0.2, 0.25) is 0 Å². The van der Waals surface area contributed by atoms with E-state index in [2.05, 4.69) is 0 Å². The molecular formula is C13H17NO4S. The number of carboxylic acid groups (broad SMARTS) is 1. The second-order valence-corrected chi connectivity index (χ2v) is 5.51. The fourth-order valence-electron chi connectivity index (χ4n) is 2.24. The van der Waals surface area contributed by atoms with E-state index in [0.717, 1.165) is 30.7 Å². The van der Waals surface area contributed by atoms with Crippen molar-refractivity contribution in [1.29, 1.82) is 0 Å². The van der Waals surface area contributed by atoms with E-state index in [1.54, 1.807) is 11.0 Å². The zero-order chi connectivity index (χ0) is 13.8. The van der Waals surface area contributed by atoms with Crippen molar-refractivity contribution < 1.29 is 19.4 Å². The summed E-state index contributed by atoms with van der Waals surface area (Å²) >= 11 is 1.03. The van der Waals surface area contributed by atoms with Gasteiger partial charge >= 0.3 is 5.97 Å². The van der Waals surface area contributed by atoms with Crippen molar-refractivity contribution in [2.24, 2.45) is 0 Å². The van der Waals surface area contributed by atoms with Crippen LogP contribution in [0.1, 0.15) is 39.1 Å². The Morgan fingerprint density at radius 1 is 1.47 bits per heavy atom. The minimum atomic E-state index is -0.990. The summed E-state index contributed by atoms with van der Waals surface area (Å²) in [6, 6.07) is 3.18. The summed E-state index contributed by atoms with van der Waals surface area (Å²) in [6.07, 6.45) is 1.92. The van der Waals surface area contributed by atoms with Crippen molar-refractivity contribution >= 4 is 23.2 Å². The van der Waals surface area contributed by atoms with E-state index in [1.165, 1.54) is 6.07 Å². The van der Waals surface area contributed by atoms with Gasteiger partial charge in [0.25, 0.3) is 5.91 Å². The molecule has 0 bridgehead atoms. The number of thiophene rings is 1. The van der Waals surface area contributed by atoms with E-state index < -0.39 is 5.97 Å². The first-order valence-corrected chi connectivity index (χ1v) is 7.17. The summed E-state index contributed by atoms with van der Waals surface area (Å²) in [4.78, 5) is 25.7. The van der Waals surface area contributed by atoms with Crippen LogP contribution in [0, 0.1) is 0 Å². The highest BCUT2D eigenvalue weighted by molar-refractivity contribution is 7.15. The van der Waals surface area contributed by atoms with Crippen molar-refractivity contribution in [2.75, 3.05) is 19.8 Å². The highest BCUT2D eigenvalue weighted by Crippen LogP contribution is 2.24. The first kappa shape index (κ1) is 14.0. The maximum Gasteiger partial charge on any atom is 0.345 e. The Balaban J connectivity index is 2.07. The largest absolute Gasteiger partial charge is 0.477 e. The van der Waals surface area contributed by atoms with E-state index in [9.17, 15) is 9.59 Å². The lowest BCUT2D eigenvalue weighted by Crippen LogP contribution is -2.37. The van der Waals surface area contributed by atoms with Crippen LogP contribution in [0.2, 0.25) is 0 Å². The van der Waals surface area contributed by atoms with Crippen molar-refractivity contribution in [1.82, 2.24) is 4.90 Å². The topological polar surface area (TPSA) is 66.8 Å². The third kappa shape index (κ3) is 3.13. The fourth-order valence-corrected chi connectivity index (χ4v) is 3.04. The molecule has 0 radical (unpaired) electrons. The molecule has 5 nitrogen and oxygen atoms in total. The fraction of sp³-hybridized carbons (Fsp3) is 0.538. The molecule has 1 aromatic heterocycles. The minimum absolute atomic E-state index is 0.0836. The number of carboxylic acids is 1. The molecule has 104 valence electrons. The van der Waals surface area contributed by atoms with Gasteiger partial charge < -0.3 is 14.7 Å². The Labute approximate surface area is 115 Å². The lowest BCUT2D eigenvalue weighted by Gasteiger charge is -2.23. The Bertz CT molecular complexity index is 471. The molecule has 2 rings (SSSR count). The second kappa shape index (κ2) is 6.16. The van der Waals surface area contributed by atoms with Gasteiger partial charge in [0.05, 0.1) is 17.5 Å². The average molecular weight is 283 g/mol. The molecule has 0 unspecified atom stereocenters. The van der Waals surface area contributed by atoms with Gasteiger partial charge in [-0.1, -0.05) is 0 Å². The zero-order valence-electron chi connectivity index (χ0n) is 10.8. The molecular weight excluding hydrogens is 266 g/mol. The molecule has 1 N–H and O–H groups in total. The van der Waals surface area contributed by atoms with Crippen LogP contribution in [0.5, 0.6) is 0 Å². The van der Waals surface area contributed by atoms with Gasteiger partial charge in [0.1, 0.15) is 4.88 Å². The number of likely N-dealkylation sites (tertiary alicyclic amines) is 1. The van der Waals surface area contributed by atoms with Crippen molar-refractivity contribution in [2.45, 2.75) is 25.8 Å². The van der Waals surface area contributed by atoms with E-state index >= 15 is 0 Å². The molecule has 1 aliphatic heterocycles. The summed E-state index contributed by atoms with van der Waals surface area (Å²) in [5.41, 5.74) is 0. The highest BCUT2D eigenvalue weighted by Gasteiger charge is 2.30. The molecule has 19 heavy (non-hydrogen) atoms. The van der Waals surface area contributed by atoms with Gasteiger partial charge in [-0.05, 0) is 31.9 Å². The first-order chi connectivity index (χ1) is 9.13. The van der Waals surface area contributed by atoms with Gasteiger partial charge in [0.15, 0.2) is 0 Å².